The molecule has 20 heavy (non-hydrogen) atoms. The van der Waals surface area contributed by atoms with Crippen molar-refractivity contribution in [2.24, 2.45) is 0 Å². The molecular formula is C14H17N3O3. The van der Waals surface area contributed by atoms with Gasteiger partial charge in [-0.25, -0.2) is 4.98 Å². The lowest BCUT2D eigenvalue weighted by Gasteiger charge is -2.20. The first-order chi connectivity index (χ1) is 9.70. The summed E-state index contributed by atoms with van der Waals surface area (Å²) in [6, 6.07) is 3.62. The lowest BCUT2D eigenvalue weighted by molar-refractivity contribution is 0.0660. The Morgan fingerprint density at radius 3 is 2.85 bits per heavy atom. The number of nitrogens with zero attached hydrogens (tertiary/aromatic N) is 3. The summed E-state index contributed by atoms with van der Waals surface area (Å²) in [6.07, 6.45) is 4.65. The smallest absolute Gasteiger partial charge is 0.274 e. The molecule has 0 atom stereocenters. The summed E-state index contributed by atoms with van der Waals surface area (Å²) in [7, 11) is 1.60. The zero-order chi connectivity index (χ0) is 14.4. The number of hydrogen-bond acceptors (Lipinski definition) is 5. The van der Waals surface area contributed by atoms with E-state index in [9.17, 15) is 4.79 Å². The molecule has 0 aromatic carbocycles. The standard InChI is InChI=1S/C14H17N3O3/c1-11-8-16-13(9-15-11)14(18)17(5-7-19-2)10-12-4-3-6-20-12/h3-4,6,8-9H,5,7,10H2,1-2H3. The van der Waals surface area contributed by atoms with Crippen LogP contribution < -0.4 is 0 Å². The highest BCUT2D eigenvalue weighted by Gasteiger charge is 2.18. The molecule has 0 saturated carbocycles. The fourth-order valence-corrected chi connectivity index (χ4v) is 1.71. The van der Waals surface area contributed by atoms with Crippen LogP contribution in [0.15, 0.2) is 35.2 Å². The van der Waals surface area contributed by atoms with Crippen molar-refractivity contribution in [2.75, 3.05) is 20.3 Å². The second-order valence-corrected chi connectivity index (χ2v) is 4.34. The highest BCUT2D eigenvalue weighted by molar-refractivity contribution is 5.91. The van der Waals surface area contributed by atoms with Gasteiger partial charge in [0.1, 0.15) is 11.5 Å². The van der Waals surface area contributed by atoms with Crippen molar-refractivity contribution < 1.29 is 13.9 Å². The average molecular weight is 275 g/mol. The van der Waals surface area contributed by atoms with E-state index in [0.717, 1.165) is 11.5 Å². The van der Waals surface area contributed by atoms with E-state index < -0.39 is 0 Å². The average Bonchev–Trinajstić information content (AvgIpc) is 2.96. The van der Waals surface area contributed by atoms with Gasteiger partial charge in [-0.15, -0.1) is 0 Å². The lowest BCUT2D eigenvalue weighted by atomic mass is 10.3. The minimum absolute atomic E-state index is 0.189. The summed E-state index contributed by atoms with van der Waals surface area (Å²) in [5, 5.41) is 0. The van der Waals surface area contributed by atoms with Crippen LogP contribution in [0.2, 0.25) is 0 Å². The first-order valence-electron chi connectivity index (χ1n) is 6.30. The van der Waals surface area contributed by atoms with Crippen LogP contribution in [0.1, 0.15) is 21.9 Å². The van der Waals surface area contributed by atoms with Gasteiger partial charge in [0, 0.05) is 19.9 Å². The second kappa shape index (κ2) is 6.81. The number of aromatic nitrogens is 2. The molecular weight excluding hydrogens is 258 g/mol. The van der Waals surface area contributed by atoms with E-state index in [-0.39, 0.29) is 5.91 Å². The maximum atomic E-state index is 12.4. The zero-order valence-electron chi connectivity index (χ0n) is 11.6. The minimum atomic E-state index is -0.189. The maximum absolute atomic E-state index is 12.4. The molecule has 0 aliphatic rings. The van der Waals surface area contributed by atoms with Crippen LogP contribution in [0.5, 0.6) is 0 Å². The van der Waals surface area contributed by atoms with Gasteiger partial charge < -0.3 is 14.1 Å². The fourth-order valence-electron chi connectivity index (χ4n) is 1.71. The van der Waals surface area contributed by atoms with Gasteiger partial charge in [-0.1, -0.05) is 0 Å². The van der Waals surface area contributed by atoms with Crippen LogP contribution in [0, 0.1) is 6.92 Å². The molecule has 0 fully saturated rings. The quantitative estimate of drug-likeness (QED) is 0.802. The normalized spacial score (nSPS) is 10.5. The number of amides is 1. The van der Waals surface area contributed by atoms with Crippen molar-refractivity contribution in [1.29, 1.82) is 0 Å². The topological polar surface area (TPSA) is 68.5 Å². The van der Waals surface area contributed by atoms with E-state index in [1.165, 1.54) is 6.20 Å². The van der Waals surface area contributed by atoms with Gasteiger partial charge in [0.2, 0.25) is 0 Å². The molecule has 0 aliphatic heterocycles. The number of aryl methyl sites for hydroxylation is 1. The molecule has 1 amide bonds. The summed E-state index contributed by atoms with van der Waals surface area (Å²) in [6.45, 7) is 3.12. The number of ether oxygens (including phenoxy) is 1. The predicted molar refractivity (Wildman–Crippen MR) is 72.1 cm³/mol. The van der Waals surface area contributed by atoms with Crippen molar-refractivity contribution in [2.45, 2.75) is 13.5 Å². The summed E-state index contributed by atoms with van der Waals surface area (Å²) in [4.78, 5) is 22.2. The lowest BCUT2D eigenvalue weighted by Crippen LogP contribution is -2.34. The largest absolute Gasteiger partial charge is 0.467 e. The van der Waals surface area contributed by atoms with Crippen LogP contribution in [0.3, 0.4) is 0 Å². The number of rotatable bonds is 6. The van der Waals surface area contributed by atoms with Crippen molar-refractivity contribution in [3.05, 3.63) is 47.9 Å². The highest BCUT2D eigenvalue weighted by atomic mass is 16.5. The Morgan fingerprint density at radius 2 is 2.25 bits per heavy atom. The molecule has 0 aliphatic carbocycles. The molecule has 2 heterocycles. The summed E-state index contributed by atoms with van der Waals surface area (Å²) in [5.74, 6) is 0.528. The molecule has 2 aromatic heterocycles. The van der Waals surface area contributed by atoms with Crippen molar-refractivity contribution in [1.82, 2.24) is 14.9 Å². The Labute approximate surface area is 117 Å². The van der Waals surface area contributed by atoms with E-state index >= 15 is 0 Å². The predicted octanol–water partition coefficient (Wildman–Crippen LogP) is 1.67. The summed E-state index contributed by atoms with van der Waals surface area (Å²) in [5.41, 5.74) is 1.09. The zero-order valence-corrected chi connectivity index (χ0v) is 11.6. The Bertz CT molecular complexity index is 537. The van der Waals surface area contributed by atoms with Crippen LogP contribution in [-0.2, 0) is 11.3 Å². The number of furan rings is 1. The summed E-state index contributed by atoms with van der Waals surface area (Å²) < 4.78 is 10.3. The van der Waals surface area contributed by atoms with Gasteiger partial charge in [0.05, 0.1) is 31.3 Å². The second-order valence-electron chi connectivity index (χ2n) is 4.34. The molecule has 2 aromatic rings. The van der Waals surface area contributed by atoms with E-state index in [4.69, 9.17) is 9.15 Å². The van der Waals surface area contributed by atoms with Crippen molar-refractivity contribution >= 4 is 5.91 Å². The molecule has 0 bridgehead atoms. The first-order valence-corrected chi connectivity index (χ1v) is 6.30. The number of carbonyl (C=O) groups excluding carboxylic acids is 1. The number of methoxy groups -OCH3 is 1. The van der Waals surface area contributed by atoms with E-state index in [0.29, 0.717) is 25.4 Å². The Morgan fingerprint density at radius 1 is 1.40 bits per heavy atom. The number of hydrogen-bond donors (Lipinski definition) is 0. The van der Waals surface area contributed by atoms with E-state index in [1.54, 1.807) is 30.5 Å². The SMILES string of the molecule is COCCN(Cc1ccco1)C(=O)c1cnc(C)cn1. The van der Waals surface area contributed by atoms with Crippen LogP contribution in [0.4, 0.5) is 0 Å². The van der Waals surface area contributed by atoms with Gasteiger partial charge in [0.15, 0.2) is 0 Å². The minimum Gasteiger partial charge on any atom is -0.467 e. The molecule has 106 valence electrons. The highest BCUT2D eigenvalue weighted by Crippen LogP contribution is 2.09. The maximum Gasteiger partial charge on any atom is 0.274 e. The van der Waals surface area contributed by atoms with Gasteiger partial charge >= 0.3 is 0 Å². The molecule has 6 nitrogen and oxygen atoms in total. The van der Waals surface area contributed by atoms with Gasteiger partial charge in [-0.05, 0) is 19.1 Å². The van der Waals surface area contributed by atoms with Crippen LogP contribution in [-0.4, -0.2) is 41.0 Å². The Hall–Kier alpha value is -2.21. The number of carbonyl (C=O) groups is 1. The van der Waals surface area contributed by atoms with Gasteiger partial charge in [0.25, 0.3) is 5.91 Å². The van der Waals surface area contributed by atoms with Crippen LogP contribution in [0.25, 0.3) is 0 Å². The van der Waals surface area contributed by atoms with Crippen LogP contribution >= 0.6 is 0 Å². The third-order valence-corrected chi connectivity index (χ3v) is 2.78. The monoisotopic (exact) mass is 275 g/mol. The van der Waals surface area contributed by atoms with Gasteiger partial charge in [-0.3, -0.25) is 9.78 Å². The molecule has 6 heteroatoms. The molecule has 0 radical (unpaired) electrons. The Kier molecular flexibility index (Phi) is 4.84. The first kappa shape index (κ1) is 14.2. The summed E-state index contributed by atoms with van der Waals surface area (Å²) >= 11 is 0. The van der Waals surface area contributed by atoms with Crippen molar-refractivity contribution in [3.63, 3.8) is 0 Å². The van der Waals surface area contributed by atoms with E-state index in [2.05, 4.69) is 9.97 Å². The van der Waals surface area contributed by atoms with Crippen molar-refractivity contribution in [3.8, 4) is 0 Å². The third-order valence-electron chi connectivity index (χ3n) is 2.78. The fraction of sp³-hybridized carbons (Fsp3) is 0.357. The molecule has 2 rings (SSSR count). The molecule has 0 saturated heterocycles. The van der Waals surface area contributed by atoms with Gasteiger partial charge in [-0.2, -0.15) is 0 Å². The molecule has 0 N–H and O–H groups in total. The Balaban J connectivity index is 2.12. The third kappa shape index (κ3) is 3.64. The molecule has 0 spiro atoms. The molecule has 0 unspecified atom stereocenters. The van der Waals surface area contributed by atoms with E-state index in [1.807, 2.05) is 13.0 Å².